The quantitative estimate of drug-likeness (QED) is 0.735. The summed E-state index contributed by atoms with van der Waals surface area (Å²) in [4.78, 5) is 2.42. The molecule has 2 rings (SSSR count). The van der Waals surface area contributed by atoms with Gasteiger partial charge in [0, 0.05) is 42.8 Å². The Morgan fingerprint density at radius 2 is 2.05 bits per heavy atom. The van der Waals surface area contributed by atoms with E-state index >= 15 is 0 Å². The fraction of sp³-hybridized carbons (Fsp3) is 0.571. The molecule has 1 aliphatic rings. The zero-order valence-corrected chi connectivity index (χ0v) is 14.8. The lowest BCUT2D eigenvalue weighted by molar-refractivity contribution is 0.0384. The number of benzene rings is 1. The Balaban J connectivity index is 1.81. The van der Waals surface area contributed by atoms with Gasteiger partial charge >= 0.3 is 0 Å². The number of hydrogen-bond donors (Lipinski definition) is 1. The molecule has 0 unspecified atom stereocenters. The molecule has 1 fully saturated rings. The summed E-state index contributed by atoms with van der Waals surface area (Å²) in [5.41, 5.74) is 1.15. The number of nitrogens with zero attached hydrogens (tertiary/aromatic N) is 1. The topological polar surface area (TPSA) is 33.7 Å². The van der Waals surface area contributed by atoms with E-state index in [4.69, 9.17) is 9.47 Å². The number of hydrogen-bond acceptors (Lipinski definition) is 4. The second kappa shape index (κ2) is 8.34. The van der Waals surface area contributed by atoms with Crippen LogP contribution in [0.4, 0.5) is 0 Å². The van der Waals surface area contributed by atoms with Crippen LogP contribution in [0, 0.1) is 0 Å². The van der Waals surface area contributed by atoms with Gasteiger partial charge in [-0.15, -0.1) is 0 Å². The molecule has 1 aliphatic heterocycles. The number of ether oxygens (including phenoxy) is 2. The second-order valence-electron chi connectivity index (χ2n) is 4.71. The Morgan fingerprint density at radius 1 is 1.30 bits per heavy atom. The third-order valence-electron chi connectivity index (χ3n) is 3.31. The highest BCUT2D eigenvalue weighted by molar-refractivity contribution is 9.11. The van der Waals surface area contributed by atoms with E-state index in [9.17, 15) is 0 Å². The highest BCUT2D eigenvalue weighted by atomic mass is 79.9. The van der Waals surface area contributed by atoms with Crippen molar-refractivity contribution in [2.24, 2.45) is 0 Å². The Kier molecular flexibility index (Phi) is 6.77. The standard InChI is InChI=1S/C14H20Br2N2O2/c1-19-14-11(8-12(15)9-13(14)16)10-17-2-3-18-4-6-20-7-5-18/h8-9,17H,2-7,10H2,1H3. The van der Waals surface area contributed by atoms with E-state index < -0.39 is 0 Å². The van der Waals surface area contributed by atoms with Crippen LogP contribution >= 0.6 is 31.9 Å². The van der Waals surface area contributed by atoms with Gasteiger partial charge in [0.05, 0.1) is 24.8 Å². The van der Waals surface area contributed by atoms with Crippen LogP contribution in [0.3, 0.4) is 0 Å². The van der Waals surface area contributed by atoms with Crippen LogP contribution in [-0.4, -0.2) is 51.4 Å². The molecule has 20 heavy (non-hydrogen) atoms. The Hall–Kier alpha value is -0.140. The number of rotatable bonds is 6. The van der Waals surface area contributed by atoms with Gasteiger partial charge in [-0.3, -0.25) is 4.90 Å². The molecule has 0 saturated carbocycles. The van der Waals surface area contributed by atoms with Crippen molar-refractivity contribution in [1.29, 1.82) is 0 Å². The van der Waals surface area contributed by atoms with Crippen LogP contribution in [0.25, 0.3) is 0 Å². The van der Waals surface area contributed by atoms with E-state index in [2.05, 4.69) is 48.1 Å². The number of morpholine rings is 1. The molecular weight excluding hydrogens is 388 g/mol. The molecular formula is C14H20Br2N2O2. The van der Waals surface area contributed by atoms with Crippen molar-refractivity contribution < 1.29 is 9.47 Å². The van der Waals surface area contributed by atoms with E-state index in [0.717, 1.165) is 66.2 Å². The summed E-state index contributed by atoms with van der Waals surface area (Å²) in [5.74, 6) is 0.895. The molecule has 0 bridgehead atoms. The van der Waals surface area contributed by atoms with Gasteiger partial charge in [-0.25, -0.2) is 0 Å². The molecule has 0 spiro atoms. The first-order valence-electron chi connectivity index (χ1n) is 6.73. The molecule has 4 nitrogen and oxygen atoms in total. The third-order valence-corrected chi connectivity index (χ3v) is 4.36. The Bertz CT molecular complexity index is 437. The SMILES string of the molecule is COc1c(Br)cc(Br)cc1CNCCN1CCOCC1. The summed E-state index contributed by atoms with van der Waals surface area (Å²) in [7, 11) is 1.70. The summed E-state index contributed by atoms with van der Waals surface area (Å²) < 4.78 is 12.8. The zero-order valence-electron chi connectivity index (χ0n) is 11.6. The number of methoxy groups -OCH3 is 1. The second-order valence-corrected chi connectivity index (χ2v) is 6.48. The molecule has 1 saturated heterocycles. The van der Waals surface area contributed by atoms with Gasteiger partial charge in [-0.2, -0.15) is 0 Å². The molecule has 1 aromatic carbocycles. The molecule has 1 heterocycles. The molecule has 0 radical (unpaired) electrons. The highest BCUT2D eigenvalue weighted by Crippen LogP contribution is 2.32. The fourth-order valence-corrected chi connectivity index (χ4v) is 3.73. The lowest BCUT2D eigenvalue weighted by atomic mass is 10.2. The minimum absolute atomic E-state index is 0.797. The molecule has 0 atom stereocenters. The molecule has 0 amide bonds. The summed E-state index contributed by atoms with van der Waals surface area (Å²) >= 11 is 7.04. The zero-order chi connectivity index (χ0) is 14.4. The van der Waals surface area contributed by atoms with Crippen molar-refractivity contribution in [3.05, 3.63) is 26.6 Å². The number of halogens is 2. The van der Waals surface area contributed by atoms with Crippen molar-refractivity contribution in [3.8, 4) is 5.75 Å². The normalized spacial score (nSPS) is 16.4. The minimum Gasteiger partial charge on any atom is -0.495 e. The van der Waals surface area contributed by atoms with E-state index in [-0.39, 0.29) is 0 Å². The van der Waals surface area contributed by atoms with Gasteiger partial charge in [0.25, 0.3) is 0 Å². The van der Waals surface area contributed by atoms with Crippen LogP contribution in [0.2, 0.25) is 0 Å². The maximum atomic E-state index is 5.44. The van der Waals surface area contributed by atoms with E-state index in [1.165, 1.54) is 0 Å². The fourth-order valence-electron chi connectivity index (χ4n) is 2.26. The van der Waals surface area contributed by atoms with Gasteiger partial charge in [0.2, 0.25) is 0 Å². The maximum absolute atomic E-state index is 5.44. The van der Waals surface area contributed by atoms with Gasteiger partial charge in [-0.05, 0) is 28.1 Å². The van der Waals surface area contributed by atoms with Crippen molar-refractivity contribution in [2.45, 2.75) is 6.54 Å². The number of nitrogens with one attached hydrogen (secondary N) is 1. The van der Waals surface area contributed by atoms with Crippen LogP contribution in [0.15, 0.2) is 21.1 Å². The molecule has 1 aromatic rings. The summed E-state index contributed by atoms with van der Waals surface area (Å²) in [6.07, 6.45) is 0. The highest BCUT2D eigenvalue weighted by Gasteiger charge is 2.11. The van der Waals surface area contributed by atoms with Crippen LogP contribution in [-0.2, 0) is 11.3 Å². The average molecular weight is 408 g/mol. The molecule has 0 aromatic heterocycles. The largest absolute Gasteiger partial charge is 0.495 e. The molecule has 6 heteroatoms. The first-order valence-corrected chi connectivity index (χ1v) is 8.32. The summed E-state index contributed by atoms with van der Waals surface area (Å²) in [5, 5.41) is 3.47. The summed E-state index contributed by atoms with van der Waals surface area (Å²) in [6.45, 7) is 6.60. The maximum Gasteiger partial charge on any atom is 0.137 e. The van der Waals surface area contributed by atoms with E-state index in [0.29, 0.717) is 0 Å². The van der Waals surface area contributed by atoms with Crippen LogP contribution in [0.5, 0.6) is 5.75 Å². The van der Waals surface area contributed by atoms with Crippen molar-refractivity contribution in [3.63, 3.8) is 0 Å². The van der Waals surface area contributed by atoms with Gasteiger partial charge in [-0.1, -0.05) is 15.9 Å². The van der Waals surface area contributed by atoms with E-state index in [1.54, 1.807) is 7.11 Å². The monoisotopic (exact) mass is 406 g/mol. The minimum atomic E-state index is 0.797. The lowest BCUT2D eigenvalue weighted by Gasteiger charge is -2.26. The van der Waals surface area contributed by atoms with Crippen molar-refractivity contribution in [2.75, 3.05) is 46.5 Å². The lowest BCUT2D eigenvalue weighted by Crippen LogP contribution is -2.40. The van der Waals surface area contributed by atoms with Gasteiger partial charge < -0.3 is 14.8 Å². The predicted octanol–water partition coefficient (Wildman–Crippen LogP) is 2.64. The van der Waals surface area contributed by atoms with Gasteiger partial charge in [0.15, 0.2) is 0 Å². The van der Waals surface area contributed by atoms with Crippen LogP contribution < -0.4 is 10.1 Å². The van der Waals surface area contributed by atoms with Crippen molar-refractivity contribution >= 4 is 31.9 Å². The molecule has 112 valence electrons. The van der Waals surface area contributed by atoms with Crippen molar-refractivity contribution in [1.82, 2.24) is 10.2 Å². The Morgan fingerprint density at radius 3 is 2.75 bits per heavy atom. The summed E-state index contributed by atoms with van der Waals surface area (Å²) in [6, 6.07) is 4.08. The third kappa shape index (κ3) is 4.70. The molecule has 1 N–H and O–H groups in total. The van der Waals surface area contributed by atoms with E-state index in [1.807, 2.05) is 6.07 Å². The Labute approximate surface area is 137 Å². The van der Waals surface area contributed by atoms with Crippen LogP contribution in [0.1, 0.15) is 5.56 Å². The first-order chi connectivity index (χ1) is 9.70. The predicted molar refractivity (Wildman–Crippen MR) is 87.4 cm³/mol. The molecule has 0 aliphatic carbocycles. The smallest absolute Gasteiger partial charge is 0.137 e. The van der Waals surface area contributed by atoms with Gasteiger partial charge in [0.1, 0.15) is 5.75 Å². The average Bonchev–Trinajstić information content (AvgIpc) is 2.44. The first kappa shape index (κ1) is 16.2.